The number of carbonyl (C=O) groups is 1. The average molecular weight is 267 g/mol. The predicted octanol–water partition coefficient (Wildman–Crippen LogP) is 1.45. The Kier molecular flexibility index (Phi) is 4.63. The van der Waals surface area contributed by atoms with Crippen LogP contribution < -0.4 is 5.73 Å². The summed E-state index contributed by atoms with van der Waals surface area (Å²) in [6.45, 7) is 0.729. The molecule has 0 aliphatic carbocycles. The maximum atomic E-state index is 10.6. The Morgan fingerprint density at radius 2 is 2.33 bits per heavy atom. The fourth-order valence-corrected chi connectivity index (χ4v) is 3.01. The first-order valence-corrected chi connectivity index (χ1v) is 7.09. The number of fused-ring (bicyclic) bond motifs is 1. The Bertz CT molecular complexity index is 424. The van der Waals surface area contributed by atoms with E-state index in [4.69, 9.17) is 15.6 Å². The molecule has 0 radical (unpaired) electrons. The second-order valence-corrected chi connectivity index (χ2v) is 5.37. The number of carboxylic acids is 1. The molecule has 18 heavy (non-hydrogen) atoms. The number of nitrogens with two attached hydrogens (primary N) is 1. The SMILES string of the molecule is NC(CSCC1OCCc2ccccc21)C(=O)O. The topological polar surface area (TPSA) is 72.5 Å². The average Bonchev–Trinajstić information content (AvgIpc) is 2.38. The van der Waals surface area contributed by atoms with Crippen LogP contribution in [0.2, 0.25) is 0 Å². The van der Waals surface area contributed by atoms with Gasteiger partial charge in [0.2, 0.25) is 0 Å². The van der Waals surface area contributed by atoms with Gasteiger partial charge in [0, 0.05) is 11.5 Å². The summed E-state index contributed by atoms with van der Waals surface area (Å²) in [6.07, 6.45) is 1.01. The Morgan fingerprint density at radius 3 is 3.11 bits per heavy atom. The zero-order chi connectivity index (χ0) is 13.0. The summed E-state index contributed by atoms with van der Waals surface area (Å²) < 4.78 is 5.74. The Balaban J connectivity index is 1.90. The molecule has 1 aromatic carbocycles. The van der Waals surface area contributed by atoms with Crippen LogP contribution in [0.15, 0.2) is 24.3 Å². The van der Waals surface area contributed by atoms with Gasteiger partial charge in [0.15, 0.2) is 0 Å². The lowest BCUT2D eigenvalue weighted by atomic mass is 9.99. The van der Waals surface area contributed by atoms with Gasteiger partial charge in [-0.05, 0) is 17.5 Å². The molecule has 2 atom stereocenters. The third kappa shape index (κ3) is 3.25. The van der Waals surface area contributed by atoms with Gasteiger partial charge in [-0.2, -0.15) is 11.8 Å². The van der Waals surface area contributed by atoms with Crippen LogP contribution in [0.4, 0.5) is 0 Å². The molecule has 2 unspecified atom stereocenters. The Labute approximate surface area is 111 Å². The molecule has 1 heterocycles. The van der Waals surface area contributed by atoms with Crippen molar-refractivity contribution in [2.24, 2.45) is 5.73 Å². The van der Waals surface area contributed by atoms with Crippen molar-refractivity contribution >= 4 is 17.7 Å². The van der Waals surface area contributed by atoms with Gasteiger partial charge in [-0.1, -0.05) is 24.3 Å². The van der Waals surface area contributed by atoms with E-state index < -0.39 is 12.0 Å². The molecule has 1 aliphatic heterocycles. The number of thioether (sulfide) groups is 1. The highest BCUT2D eigenvalue weighted by molar-refractivity contribution is 7.99. The van der Waals surface area contributed by atoms with Crippen LogP contribution in [0.25, 0.3) is 0 Å². The molecule has 0 spiro atoms. The number of carboxylic acid groups (broad SMARTS) is 1. The van der Waals surface area contributed by atoms with E-state index >= 15 is 0 Å². The highest BCUT2D eigenvalue weighted by Crippen LogP contribution is 2.29. The first-order valence-electron chi connectivity index (χ1n) is 5.94. The van der Waals surface area contributed by atoms with Crippen LogP contribution in [-0.2, 0) is 16.0 Å². The molecule has 0 saturated heterocycles. The number of aliphatic carboxylic acids is 1. The van der Waals surface area contributed by atoms with Gasteiger partial charge in [0.1, 0.15) is 6.04 Å². The Hall–Kier alpha value is -1.04. The third-order valence-corrected chi connectivity index (χ3v) is 4.11. The van der Waals surface area contributed by atoms with Crippen molar-refractivity contribution in [3.05, 3.63) is 35.4 Å². The largest absolute Gasteiger partial charge is 0.480 e. The third-order valence-electron chi connectivity index (χ3n) is 2.98. The van der Waals surface area contributed by atoms with Crippen molar-refractivity contribution in [2.45, 2.75) is 18.6 Å². The minimum absolute atomic E-state index is 0.0564. The Morgan fingerprint density at radius 1 is 1.56 bits per heavy atom. The monoisotopic (exact) mass is 267 g/mol. The predicted molar refractivity (Wildman–Crippen MR) is 71.8 cm³/mol. The van der Waals surface area contributed by atoms with Crippen LogP contribution >= 0.6 is 11.8 Å². The summed E-state index contributed by atoms with van der Waals surface area (Å²) >= 11 is 1.53. The van der Waals surface area contributed by atoms with E-state index in [1.54, 1.807) is 0 Å². The van der Waals surface area contributed by atoms with Crippen LogP contribution in [0.1, 0.15) is 17.2 Å². The van der Waals surface area contributed by atoms with E-state index in [1.165, 1.54) is 22.9 Å². The lowest BCUT2D eigenvalue weighted by Gasteiger charge is -2.26. The molecule has 5 heteroatoms. The van der Waals surface area contributed by atoms with Gasteiger partial charge in [0.05, 0.1) is 12.7 Å². The fraction of sp³-hybridized carbons (Fsp3) is 0.462. The van der Waals surface area contributed by atoms with Gasteiger partial charge in [-0.15, -0.1) is 0 Å². The summed E-state index contributed by atoms with van der Waals surface area (Å²) in [4.78, 5) is 10.6. The van der Waals surface area contributed by atoms with Crippen LogP contribution in [-0.4, -0.2) is 35.2 Å². The van der Waals surface area contributed by atoms with Gasteiger partial charge >= 0.3 is 5.97 Å². The molecule has 1 aliphatic rings. The highest BCUT2D eigenvalue weighted by atomic mass is 32.2. The molecule has 0 saturated carbocycles. The molecule has 98 valence electrons. The summed E-state index contributed by atoms with van der Waals surface area (Å²) in [5, 5.41) is 8.71. The molecule has 0 fully saturated rings. The standard InChI is InChI=1S/C13H17NO3S/c14-11(13(15)16)7-18-8-12-10-4-2-1-3-9(10)5-6-17-12/h1-4,11-12H,5-8,14H2,(H,15,16). The molecule has 3 N–H and O–H groups in total. The summed E-state index contributed by atoms with van der Waals surface area (Å²) in [5.74, 6) is 0.211. The lowest BCUT2D eigenvalue weighted by molar-refractivity contribution is -0.137. The smallest absolute Gasteiger partial charge is 0.321 e. The molecule has 0 aromatic heterocycles. The second kappa shape index (κ2) is 6.22. The normalized spacial score (nSPS) is 20.2. The molecule has 0 bridgehead atoms. The van der Waals surface area contributed by atoms with E-state index in [2.05, 4.69) is 12.1 Å². The quantitative estimate of drug-likeness (QED) is 0.844. The van der Waals surface area contributed by atoms with Crippen molar-refractivity contribution in [1.82, 2.24) is 0 Å². The number of benzene rings is 1. The number of hydrogen-bond donors (Lipinski definition) is 2. The molecular formula is C13H17NO3S. The minimum Gasteiger partial charge on any atom is -0.480 e. The van der Waals surface area contributed by atoms with Crippen molar-refractivity contribution in [3.8, 4) is 0 Å². The van der Waals surface area contributed by atoms with Crippen molar-refractivity contribution in [1.29, 1.82) is 0 Å². The van der Waals surface area contributed by atoms with Gasteiger partial charge in [-0.25, -0.2) is 0 Å². The van der Waals surface area contributed by atoms with Crippen LogP contribution in [0, 0.1) is 0 Å². The van der Waals surface area contributed by atoms with E-state index in [1.807, 2.05) is 12.1 Å². The summed E-state index contributed by atoms with van der Waals surface area (Å²) in [7, 11) is 0. The number of hydrogen-bond acceptors (Lipinski definition) is 4. The van der Waals surface area contributed by atoms with Crippen LogP contribution in [0.3, 0.4) is 0 Å². The van der Waals surface area contributed by atoms with Crippen molar-refractivity contribution in [2.75, 3.05) is 18.1 Å². The van der Waals surface area contributed by atoms with Crippen LogP contribution in [0.5, 0.6) is 0 Å². The van der Waals surface area contributed by atoms with E-state index in [0.29, 0.717) is 5.75 Å². The van der Waals surface area contributed by atoms with Crippen molar-refractivity contribution < 1.29 is 14.6 Å². The van der Waals surface area contributed by atoms with Gasteiger partial charge in [-0.3, -0.25) is 4.79 Å². The zero-order valence-electron chi connectivity index (χ0n) is 10.0. The fourth-order valence-electron chi connectivity index (χ4n) is 1.99. The summed E-state index contributed by atoms with van der Waals surface area (Å²) in [5.41, 5.74) is 8.02. The second-order valence-electron chi connectivity index (χ2n) is 4.29. The summed E-state index contributed by atoms with van der Waals surface area (Å²) in [6, 6.07) is 7.45. The first-order chi connectivity index (χ1) is 8.68. The zero-order valence-corrected chi connectivity index (χ0v) is 10.9. The first kappa shape index (κ1) is 13.4. The molecular weight excluding hydrogens is 250 g/mol. The van der Waals surface area contributed by atoms with Gasteiger partial charge in [0.25, 0.3) is 0 Å². The molecule has 2 rings (SSSR count). The number of rotatable bonds is 5. The molecule has 1 aromatic rings. The molecule has 4 nitrogen and oxygen atoms in total. The lowest BCUT2D eigenvalue weighted by Crippen LogP contribution is -2.32. The van der Waals surface area contributed by atoms with Gasteiger partial charge < -0.3 is 15.6 Å². The maximum absolute atomic E-state index is 10.6. The van der Waals surface area contributed by atoms with E-state index in [-0.39, 0.29) is 6.10 Å². The number of ether oxygens (including phenoxy) is 1. The van der Waals surface area contributed by atoms with E-state index in [0.717, 1.165) is 18.8 Å². The van der Waals surface area contributed by atoms with Crippen molar-refractivity contribution in [3.63, 3.8) is 0 Å². The molecule has 0 amide bonds. The van der Waals surface area contributed by atoms with E-state index in [9.17, 15) is 4.79 Å². The minimum atomic E-state index is -0.951. The maximum Gasteiger partial charge on any atom is 0.321 e. The highest BCUT2D eigenvalue weighted by Gasteiger charge is 2.21.